The van der Waals surface area contributed by atoms with Gasteiger partial charge in [-0.25, -0.2) is 0 Å². The molecule has 0 aliphatic rings. The van der Waals surface area contributed by atoms with Gasteiger partial charge in [0.25, 0.3) is 0 Å². The van der Waals surface area contributed by atoms with Crippen LogP contribution in [0.3, 0.4) is 0 Å². The van der Waals surface area contributed by atoms with E-state index in [9.17, 15) is 0 Å². The van der Waals surface area contributed by atoms with E-state index in [1.165, 1.54) is 0 Å². The average Bonchev–Trinajstić information content (AvgIpc) is 2.03. The number of hydrogen-bond acceptors (Lipinski definition) is 1. The zero-order valence-corrected chi connectivity index (χ0v) is 11.8. The molecule has 0 radical (unpaired) electrons. The van der Waals surface area contributed by atoms with Crippen LogP contribution in [0.1, 0.15) is 0 Å². The minimum absolute atomic E-state index is 1.03. The van der Waals surface area contributed by atoms with Crippen LogP contribution in [0.5, 0.6) is 5.75 Å². The first kappa shape index (κ1) is 11.5. The van der Waals surface area contributed by atoms with Crippen molar-refractivity contribution in [2.45, 2.75) is 32.7 Å². The molecular formula is C11H20OSi2. The summed E-state index contributed by atoms with van der Waals surface area (Å²) in [6.45, 7) is 11.8. The second-order valence-electron chi connectivity index (χ2n) is 5.18. The van der Waals surface area contributed by atoms with Gasteiger partial charge in [-0.1, -0.05) is 37.8 Å². The van der Waals surface area contributed by atoms with E-state index in [0.29, 0.717) is 0 Å². The fourth-order valence-electron chi connectivity index (χ4n) is 0.936. The van der Waals surface area contributed by atoms with Crippen LogP contribution in [0.25, 0.3) is 0 Å². The first-order chi connectivity index (χ1) is 6.33. The molecule has 0 bridgehead atoms. The maximum absolute atomic E-state index is 6.17. The van der Waals surface area contributed by atoms with E-state index in [2.05, 4.69) is 44.9 Å². The summed E-state index contributed by atoms with van der Waals surface area (Å²) in [5, 5.41) is 0. The predicted molar refractivity (Wildman–Crippen MR) is 67.9 cm³/mol. The van der Waals surface area contributed by atoms with Crippen LogP contribution in [-0.4, -0.2) is 15.4 Å². The van der Waals surface area contributed by atoms with E-state index in [0.717, 1.165) is 5.75 Å². The number of hydrogen-bond donors (Lipinski definition) is 0. The first-order valence-electron chi connectivity index (χ1n) is 5.07. The molecule has 3 heteroatoms. The third-order valence-corrected chi connectivity index (χ3v) is 18.4. The fourth-order valence-corrected chi connectivity index (χ4v) is 3.24. The van der Waals surface area contributed by atoms with Gasteiger partial charge in [-0.05, 0) is 25.2 Å². The van der Waals surface area contributed by atoms with Crippen molar-refractivity contribution in [2.75, 3.05) is 0 Å². The second kappa shape index (κ2) is 3.91. The molecule has 0 unspecified atom stereocenters. The molecule has 1 aromatic rings. The summed E-state index contributed by atoms with van der Waals surface area (Å²) in [7, 11) is -2.66. The summed E-state index contributed by atoms with van der Waals surface area (Å²) >= 11 is 0. The Hall–Kier alpha value is -0.546. The van der Waals surface area contributed by atoms with Gasteiger partial charge in [0.2, 0.25) is 7.83 Å². The average molecular weight is 224 g/mol. The van der Waals surface area contributed by atoms with Crippen LogP contribution in [0.15, 0.2) is 30.3 Å². The Kier molecular flexibility index (Phi) is 3.22. The standard InChI is InChI=1S/C11H20OSi2/c1-13(2,3)14(4,5)12-11-9-7-6-8-10-11/h6-10H,1-5H3. The van der Waals surface area contributed by atoms with Crippen LogP contribution in [0, 0.1) is 0 Å². The molecule has 0 N–H and O–H groups in total. The van der Waals surface area contributed by atoms with Crippen molar-refractivity contribution in [1.82, 2.24) is 0 Å². The number of rotatable bonds is 3. The molecule has 0 aliphatic heterocycles. The smallest absolute Gasteiger partial charge is 0.228 e. The van der Waals surface area contributed by atoms with Crippen molar-refractivity contribution in [3.8, 4) is 5.75 Å². The Morgan fingerprint density at radius 3 is 1.79 bits per heavy atom. The highest BCUT2D eigenvalue weighted by Gasteiger charge is 2.40. The highest BCUT2D eigenvalue weighted by Crippen LogP contribution is 2.23. The van der Waals surface area contributed by atoms with E-state index >= 15 is 0 Å². The van der Waals surface area contributed by atoms with Crippen LogP contribution >= 0.6 is 0 Å². The Labute approximate surface area is 89.0 Å². The molecule has 0 atom stereocenters. The van der Waals surface area contributed by atoms with Crippen molar-refractivity contribution in [1.29, 1.82) is 0 Å². The van der Waals surface area contributed by atoms with Gasteiger partial charge >= 0.3 is 0 Å². The number of benzene rings is 1. The Morgan fingerprint density at radius 1 is 0.857 bits per heavy atom. The molecule has 14 heavy (non-hydrogen) atoms. The van der Waals surface area contributed by atoms with Gasteiger partial charge in [-0.15, -0.1) is 0 Å². The van der Waals surface area contributed by atoms with Crippen molar-refractivity contribution in [2.24, 2.45) is 0 Å². The lowest BCUT2D eigenvalue weighted by Gasteiger charge is -2.35. The molecule has 0 aromatic heterocycles. The van der Waals surface area contributed by atoms with Gasteiger partial charge in [-0.3, -0.25) is 0 Å². The Balaban J connectivity index is 2.79. The lowest BCUT2D eigenvalue weighted by molar-refractivity contribution is 0.568. The van der Waals surface area contributed by atoms with E-state index in [4.69, 9.17) is 4.43 Å². The van der Waals surface area contributed by atoms with E-state index < -0.39 is 15.4 Å². The van der Waals surface area contributed by atoms with Crippen LogP contribution in [0.4, 0.5) is 0 Å². The van der Waals surface area contributed by atoms with E-state index in [-0.39, 0.29) is 0 Å². The molecule has 1 rings (SSSR count). The molecule has 0 spiro atoms. The third-order valence-electron chi connectivity index (χ3n) is 2.92. The second-order valence-corrected chi connectivity index (χ2v) is 21.0. The zero-order chi connectivity index (χ0) is 10.8. The zero-order valence-electron chi connectivity index (χ0n) is 9.79. The fraction of sp³-hybridized carbons (Fsp3) is 0.455. The van der Waals surface area contributed by atoms with Gasteiger partial charge in [0, 0.05) is 0 Å². The van der Waals surface area contributed by atoms with Crippen LogP contribution in [-0.2, 0) is 0 Å². The summed E-state index contributed by atoms with van der Waals surface area (Å²) in [5.41, 5.74) is 0. The molecule has 1 nitrogen and oxygen atoms in total. The molecule has 0 aliphatic carbocycles. The summed E-state index contributed by atoms with van der Waals surface area (Å²) in [4.78, 5) is 0. The van der Waals surface area contributed by atoms with Crippen molar-refractivity contribution in [3.63, 3.8) is 0 Å². The quantitative estimate of drug-likeness (QED) is 0.712. The number of para-hydroxylation sites is 1. The van der Waals surface area contributed by atoms with E-state index in [1.54, 1.807) is 0 Å². The van der Waals surface area contributed by atoms with Gasteiger partial charge < -0.3 is 4.43 Å². The minimum Gasteiger partial charge on any atom is -0.547 e. The maximum Gasteiger partial charge on any atom is 0.228 e. The molecule has 1 aromatic carbocycles. The third kappa shape index (κ3) is 2.72. The topological polar surface area (TPSA) is 9.23 Å². The summed E-state index contributed by atoms with van der Waals surface area (Å²) in [6, 6.07) is 10.2. The first-order valence-corrected chi connectivity index (χ1v) is 12.5. The lowest BCUT2D eigenvalue weighted by Crippen LogP contribution is -2.57. The van der Waals surface area contributed by atoms with Gasteiger partial charge in [0.05, 0.1) is 7.59 Å². The lowest BCUT2D eigenvalue weighted by atomic mass is 10.3. The SMILES string of the molecule is C[Si](C)(C)[Si](C)(C)Oc1ccccc1. The van der Waals surface area contributed by atoms with Crippen LogP contribution < -0.4 is 4.43 Å². The molecule has 0 fully saturated rings. The largest absolute Gasteiger partial charge is 0.547 e. The monoisotopic (exact) mass is 224 g/mol. The highest BCUT2D eigenvalue weighted by atomic mass is 29.3. The molecule has 0 amide bonds. The molecule has 78 valence electrons. The van der Waals surface area contributed by atoms with E-state index in [1.807, 2.05) is 18.2 Å². The highest BCUT2D eigenvalue weighted by molar-refractivity contribution is 7.38. The van der Waals surface area contributed by atoms with Crippen LogP contribution in [0.2, 0.25) is 32.7 Å². The molecule has 0 heterocycles. The molecule has 0 saturated carbocycles. The normalized spacial score (nSPS) is 12.6. The van der Waals surface area contributed by atoms with Gasteiger partial charge in [0.1, 0.15) is 5.75 Å². The van der Waals surface area contributed by atoms with Gasteiger partial charge in [-0.2, -0.15) is 0 Å². The summed E-state index contributed by atoms with van der Waals surface area (Å²) < 4.78 is 6.17. The Morgan fingerprint density at radius 2 is 1.36 bits per heavy atom. The maximum atomic E-state index is 6.17. The summed E-state index contributed by atoms with van der Waals surface area (Å²) in [5.74, 6) is 1.03. The summed E-state index contributed by atoms with van der Waals surface area (Å²) in [6.07, 6.45) is 0. The predicted octanol–water partition coefficient (Wildman–Crippen LogP) is 3.69. The van der Waals surface area contributed by atoms with Crippen molar-refractivity contribution in [3.05, 3.63) is 30.3 Å². The molecular weight excluding hydrogens is 204 g/mol. The van der Waals surface area contributed by atoms with Crippen molar-refractivity contribution < 1.29 is 4.43 Å². The minimum atomic E-state index is -1.51. The molecule has 0 saturated heterocycles. The van der Waals surface area contributed by atoms with Crippen molar-refractivity contribution >= 4 is 15.4 Å². The van der Waals surface area contributed by atoms with Gasteiger partial charge in [0.15, 0.2) is 0 Å². The Bertz CT molecular complexity index is 288.